The molecule has 4 aromatic rings. The minimum Gasteiger partial charge on any atom is -0.420 e. The Labute approximate surface area is 200 Å². The van der Waals surface area contributed by atoms with E-state index in [1.54, 1.807) is 24.3 Å². The van der Waals surface area contributed by atoms with Crippen molar-refractivity contribution in [3.63, 3.8) is 0 Å². The number of esters is 1. The average molecular weight is 451 g/mol. The van der Waals surface area contributed by atoms with Crippen molar-refractivity contribution in [3.05, 3.63) is 145 Å². The van der Waals surface area contributed by atoms with Crippen LogP contribution in [0.5, 0.6) is 11.5 Å². The summed E-state index contributed by atoms with van der Waals surface area (Å²) in [5.41, 5.74) is 0.578. The van der Waals surface area contributed by atoms with Gasteiger partial charge in [0.15, 0.2) is 0 Å². The lowest BCUT2D eigenvalue weighted by Crippen LogP contribution is -2.61. The second-order valence-corrected chi connectivity index (χ2v) is 7.87. The molecular formula is C30H26O4. The van der Waals surface area contributed by atoms with Gasteiger partial charge in [-0.2, -0.15) is 0 Å². The van der Waals surface area contributed by atoms with Gasteiger partial charge in [0.25, 0.3) is 0 Å². The van der Waals surface area contributed by atoms with E-state index in [1.807, 2.05) is 104 Å². The molecule has 4 heteroatoms. The molecule has 0 aromatic heterocycles. The van der Waals surface area contributed by atoms with E-state index < -0.39 is 17.4 Å². The first kappa shape index (κ1) is 22.9. The van der Waals surface area contributed by atoms with Crippen LogP contribution in [0.3, 0.4) is 0 Å². The van der Waals surface area contributed by atoms with Crippen LogP contribution in [0.25, 0.3) is 0 Å². The Balaban J connectivity index is 2.02. The van der Waals surface area contributed by atoms with Crippen LogP contribution in [-0.2, 0) is 14.9 Å². The zero-order valence-electron chi connectivity index (χ0n) is 19.0. The third-order valence-electron chi connectivity index (χ3n) is 5.71. The van der Waals surface area contributed by atoms with E-state index in [9.17, 15) is 4.79 Å². The lowest BCUT2D eigenvalue weighted by molar-refractivity contribution is -0.310. The topological polar surface area (TPSA) is 44.8 Å². The van der Waals surface area contributed by atoms with Gasteiger partial charge in [0.05, 0.1) is 0 Å². The highest BCUT2D eigenvalue weighted by Gasteiger charge is 2.60. The fourth-order valence-corrected chi connectivity index (χ4v) is 3.89. The summed E-state index contributed by atoms with van der Waals surface area (Å²) in [6, 6.07) is 37.8. The van der Waals surface area contributed by atoms with Crippen LogP contribution < -0.4 is 9.47 Å². The molecule has 0 saturated carbocycles. The highest BCUT2D eigenvalue weighted by atomic mass is 16.9. The minimum absolute atomic E-state index is 0.480. The van der Waals surface area contributed by atoms with Crippen LogP contribution in [0.1, 0.15) is 18.1 Å². The maximum Gasteiger partial charge on any atom is 0.433 e. The van der Waals surface area contributed by atoms with Gasteiger partial charge in [-0.25, -0.2) is 4.79 Å². The van der Waals surface area contributed by atoms with Gasteiger partial charge < -0.3 is 14.2 Å². The van der Waals surface area contributed by atoms with Gasteiger partial charge in [-0.3, -0.25) is 0 Å². The molecule has 0 aliphatic carbocycles. The van der Waals surface area contributed by atoms with E-state index in [0.29, 0.717) is 11.5 Å². The lowest BCUT2D eigenvalue weighted by atomic mass is 9.73. The van der Waals surface area contributed by atoms with Gasteiger partial charge in [0.1, 0.15) is 16.9 Å². The van der Waals surface area contributed by atoms with Gasteiger partial charge in [0.2, 0.25) is 0 Å². The fraction of sp³-hybridized carbons (Fsp3) is 0.100. The molecule has 0 heterocycles. The largest absolute Gasteiger partial charge is 0.433 e. The molecule has 0 unspecified atom stereocenters. The van der Waals surface area contributed by atoms with Crippen LogP contribution in [0.2, 0.25) is 0 Å². The average Bonchev–Trinajstić information content (AvgIpc) is 2.90. The molecule has 4 rings (SSSR count). The first-order valence-corrected chi connectivity index (χ1v) is 11.0. The van der Waals surface area contributed by atoms with Crippen molar-refractivity contribution >= 4 is 5.97 Å². The van der Waals surface area contributed by atoms with Crippen LogP contribution in [-0.4, -0.2) is 11.9 Å². The second kappa shape index (κ2) is 10.1. The highest BCUT2D eigenvalue weighted by molar-refractivity contribution is 5.81. The molecule has 0 fully saturated rings. The predicted octanol–water partition coefficient (Wildman–Crippen LogP) is 6.53. The monoisotopic (exact) mass is 450 g/mol. The summed E-state index contributed by atoms with van der Waals surface area (Å²) in [5, 5.41) is 0. The Bertz CT molecular complexity index is 1120. The number of ether oxygens (including phenoxy) is 3. The van der Waals surface area contributed by atoms with Crippen molar-refractivity contribution < 1.29 is 19.0 Å². The van der Waals surface area contributed by atoms with E-state index in [0.717, 1.165) is 17.2 Å². The molecular weight excluding hydrogens is 424 g/mol. The Morgan fingerprint density at radius 1 is 0.647 bits per heavy atom. The van der Waals surface area contributed by atoms with Gasteiger partial charge >= 0.3 is 11.9 Å². The number of carbonyl (C=O) groups is 1. The quantitative estimate of drug-likeness (QED) is 0.165. The van der Waals surface area contributed by atoms with E-state index in [1.165, 1.54) is 0 Å². The smallest absolute Gasteiger partial charge is 0.420 e. The Hall–Kier alpha value is -4.31. The zero-order chi connectivity index (χ0) is 23.9. The molecule has 0 bridgehead atoms. The molecule has 0 aliphatic heterocycles. The summed E-state index contributed by atoms with van der Waals surface area (Å²) in [4.78, 5) is 12.8. The van der Waals surface area contributed by atoms with Crippen LogP contribution in [0.4, 0.5) is 0 Å². The van der Waals surface area contributed by atoms with E-state index in [4.69, 9.17) is 14.2 Å². The van der Waals surface area contributed by atoms with Gasteiger partial charge in [-0.15, -0.1) is 0 Å². The highest BCUT2D eigenvalue weighted by Crippen LogP contribution is 2.46. The molecule has 4 aromatic carbocycles. The number of para-hydroxylation sites is 2. The summed E-state index contributed by atoms with van der Waals surface area (Å²) in [5.74, 6) is -1.64. The van der Waals surface area contributed by atoms with Crippen LogP contribution >= 0.6 is 0 Å². The second-order valence-electron chi connectivity index (χ2n) is 7.87. The van der Waals surface area contributed by atoms with E-state index in [-0.39, 0.29) is 0 Å². The molecule has 0 N–H and O–H groups in total. The van der Waals surface area contributed by atoms with Crippen molar-refractivity contribution in [1.29, 1.82) is 0 Å². The molecule has 0 aliphatic rings. The SMILES string of the molecule is C=CC(=O)OC(Oc1ccccc1)(Oc1ccccc1)C(C)(c1ccccc1)c1ccccc1. The number of rotatable bonds is 9. The third-order valence-corrected chi connectivity index (χ3v) is 5.71. The molecule has 170 valence electrons. The fourth-order valence-electron chi connectivity index (χ4n) is 3.89. The van der Waals surface area contributed by atoms with Crippen LogP contribution in [0, 0.1) is 0 Å². The minimum atomic E-state index is -1.93. The molecule has 0 atom stereocenters. The summed E-state index contributed by atoms with van der Waals surface area (Å²) in [7, 11) is 0. The normalized spacial score (nSPS) is 11.3. The molecule has 0 saturated heterocycles. The maximum atomic E-state index is 12.8. The first-order chi connectivity index (χ1) is 16.6. The van der Waals surface area contributed by atoms with Gasteiger partial charge in [-0.1, -0.05) is 104 Å². The molecule has 0 amide bonds. The van der Waals surface area contributed by atoms with Gasteiger partial charge in [-0.05, 0) is 42.3 Å². The predicted molar refractivity (Wildman–Crippen MR) is 132 cm³/mol. The first-order valence-electron chi connectivity index (χ1n) is 11.0. The van der Waals surface area contributed by atoms with E-state index >= 15 is 0 Å². The number of benzene rings is 4. The van der Waals surface area contributed by atoms with Crippen LogP contribution in [0.15, 0.2) is 134 Å². The van der Waals surface area contributed by atoms with Crippen molar-refractivity contribution in [2.45, 2.75) is 18.3 Å². The number of hydrogen-bond acceptors (Lipinski definition) is 4. The van der Waals surface area contributed by atoms with Crippen molar-refractivity contribution in [2.24, 2.45) is 0 Å². The molecule has 0 spiro atoms. The summed E-state index contributed by atoms with van der Waals surface area (Å²) in [6.45, 7) is 5.55. The van der Waals surface area contributed by atoms with Crippen molar-refractivity contribution in [2.75, 3.05) is 0 Å². The van der Waals surface area contributed by atoms with Crippen molar-refractivity contribution in [3.8, 4) is 11.5 Å². The zero-order valence-corrected chi connectivity index (χ0v) is 19.0. The van der Waals surface area contributed by atoms with E-state index in [2.05, 4.69) is 6.58 Å². The number of hydrogen-bond donors (Lipinski definition) is 0. The summed E-state index contributed by atoms with van der Waals surface area (Å²) >= 11 is 0. The Morgan fingerprint density at radius 3 is 1.35 bits per heavy atom. The Morgan fingerprint density at radius 2 is 1.00 bits per heavy atom. The molecule has 4 nitrogen and oxygen atoms in total. The third kappa shape index (κ3) is 4.57. The number of carbonyl (C=O) groups excluding carboxylic acids is 1. The van der Waals surface area contributed by atoms with Gasteiger partial charge in [0, 0.05) is 6.08 Å². The standard InChI is InChI=1S/C30H26O4/c1-3-28(31)34-30(32-26-20-12-6-13-21-26,33-27-22-14-7-15-23-27)29(2,24-16-8-4-9-17-24)25-18-10-5-11-19-25/h3-23H,1H2,2H3. The summed E-state index contributed by atoms with van der Waals surface area (Å²) < 4.78 is 19.1. The lowest BCUT2D eigenvalue weighted by Gasteiger charge is -2.45. The molecule has 34 heavy (non-hydrogen) atoms. The molecule has 0 radical (unpaired) electrons. The summed E-state index contributed by atoms with van der Waals surface area (Å²) in [6.07, 6.45) is 1.11. The van der Waals surface area contributed by atoms with Crippen molar-refractivity contribution in [1.82, 2.24) is 0 Å². The maximum absolute atomic E-state index is 12.8. The Kier molecular flexibility index (Phi) is 6.79.